The number of aromatic nitrogens is 1. The molecule has 7 heteroatoms. The predicted octanol–water partition coefficient (Wildman–Crippen LogP) is 4.39. The Hall–Kier alpha value is -1.95. The molecular formula is C13H11ClF3N3. The van der Waals surface area contributed by atoms with E-state index < -0.39 is 11.7 Å². The van der Waals surface area contributed by atoms with Gasteiger partial charge in [-0.2, -0.15) is 13.2 Å². The Morgan fingerprint density at radius 1 is 1.20 bits per heavy atom. The number of rotatable bonds is 2. The monoisotopic (exact) mass is 301 g/mol. The quantitative estimate of drug-likeness (QED) is 0.865. The van der Waals surface area contributed by atoms with Crippen molar-refractivity contribution in [1.29, 1.82) is 0 Å². The molecule has 106 valence electrons. The lowest BCUT2D eigenvalue weighted by atomic mass is 10.2. The summed E-state index contributed by atoms with van der Waals surface area (Å²) in [6.07, 6.45) is -4.47. The molecule has 0 bridgehead atoms. The minimum atomic E-state index is -4.47. The Kier molecular flexibility index (Phi) is 3.76. The van der Waals surface area contributed by atoms with E-state index in [1.54, 1.807) is 18.2 Å². The number of nitrogen functional groups attached to an aromatic ring is 1. The molecule has 0 aliphatic carbocycles. The Balaban J connectivity index is 2.33. The highest BCUT2D eigenvalue weighted by Gasteiger charge is 2.31. The van der Waals surface area contributed by atoms with Crippen molar-refractivity contribution in [2.24, 2.45) is 0 Å². The van der Waals surface area contributed by atoms with Gasteiger partial charge in [0.1, 0.15) is 11.6 Å². The van der Waals surface area contributed by atoms with Crippen molar-refractivity contribution in [2.45, 2.75) is 13.1 Å². The normalized spacial score (nSPS) is 11.4. The molecule has 1 aromatic carbocycles. The molecule has 2 aromatic rings. The number of benzene rings is 1. The van der Waals surface area contributed by atoms with Gasteiger partial charge in [-0.3, -0.25) is 0 Å². The van der Waals surface area contributed by atoms with Crippen LogP contribution in [0.1, 0.15) is 11.1 Å². The summed E-state index contributed by atoms with van der Waals surface area (Å²) in [5.41, 5.74) is 5.93. The number of nitrogens with two attached hydrogens (primary N) is 1. The smallest absolute Gasteiger partial charge is 0.384 e. The highest BCUT2D eigenvalue weighted by molar-refractivity contribution is 6.31. The molecule has 3 N–H and O–H groups in total. The van der Waals surface area contributed by atoms with E-state index in [1.165, 1.54) is 0 Å². The summed E-state index contributed by atoms with van der Waals surface area (Å²) in [7, 11) is 0. The average Bonchev–Trinajstić information content (AvgIpc) is 2.32. The number of anilines is 3. The van der Waals surface area contributed by atoms with Crippen LogP contribution in [0, 0.1) is 6.92 Å². The van der Waals surface area contributed by atoms with Gasteiger partial charge in [0, 0.05) is 10.7 Å². The van der Waals surface area contributed by atoms with E-state index in [9.17, 15) is 13.2 Å². The number of nitrogens with zero attached hydrogens (tertiary/aromatic N) is 1. The number of hydrogen-bond donors (Lipinski definition) is 2. The van der Waals surface area contributed by atoms with Crippen molar-refractivity contribution in [3.63, 3.8) is 0 Å². The first kappa shape index (κ1) is 14.5. The molecule has 1 heterocycles. The van der Waals surface area contributed by atoms with Crippen LogP contribution in [0.4, 0.5) is 30.5 Å². The minimum Gasteiger partial charge on any atom is -0.384 e. The molecule has 0 atom stereocenters. The fraction of sp³-hybridized carbons (Fsp3) is 0.154. The van der Waals surface area contributed by atoms with Crippen molar-refractivity contribution in [1.82, 2.24) is 4.98 Å². The number of nitrogens with one attached hydrogen (secondary N) is 1. The van der Waals surface area contributed by atoms with Crippen LogP contribution in [0.2, 0.25) is 5.02 Å². The molecule has 2 rings (SSSR count). The number of pyridine rings is 1. The summed E-state index contributed by atoms with van der Waals surface area (Å²) in [5, 5.41) is 3.26. The second kappa shape index (κ2) is 5.20. The van der Waals surface area contributed by atoms with Crippen LogP contribution in [0.25, 0.3) is 0 Å². The van der Waals surface area contributed by atoms with Crippen LogP contribution < -0.4 is 11.1 Å². The lowest BCUT2D eigenvalue weighted by molar-refractivity contribution is -0.137. The molecule has 0 spiro atoms. The van der Waals surface area contributed by atoms with E-state index in [1.807, 2.05) is 6.92 Å². The Bertz CT molecular complexity index is 641. The molecular weight excluding hydrogens is 291 g/mol. The number of hydrogen-bond acceptors (Lipinski definition) is 3. The van der Waals surface area contributed by atoms with Crippen molar-refractivity contribution < 1.29 is 13.2 Å². The van der Waals surface area contributed by atoms with E-state index >= 15 is 0 Å². The Morgan fingerprint density at radius 3 is 2.50 bits per heavy atom. The summed E-state index contributed by atoms with van der Waals surface area (Å²) in [6, 6.07) is 6.73. The SMILES string of the molecule is Cc1ccc(Nc2cc(C(F)(F)F)cc(N)n2)cc1Cl. The van der Waals surface area contributed by atoms with Gasteiger partial charge in [-0.25, -0.2) is 4.98 Å². The first-order valence-corrected chi connectivity index (χ1v) is 6.01. The van der Waals surface area contributed by atoms with Crippen LogP contribution in [0.3, 0.4) is 0 Å². The van der Waals surface area contributed by atoms with Crippen LogP contribution in [0.5, 0.6) is 0 Å². The van der Waals surface area contributed by atoms with Crippen molar-refractivity contribution >= 4 is 28.9 Å². The second-order valence-electron chi connectivity index (χ2n) is 4.25. The van der Waals surface area contributed by atoms with Crippen LogP contribution >= 0.6 is 11.6 Å². The maximum atomic E-state index is 12.7. The summed E-state index contributed by atoms with van der Waals surface area (Å²) in [5.74, 6) is -0.197. The van der Waals surface area contributed by atoms with Gasteiger partial charge in [0.15, 0.2) is 0 Å². The summed E-state index contributed by atoms with van der Waals surface area (Å²) < 4.78 is 38.0. The lowest BCUT2D eigenvalue weighted by Gasteiger charge is -2.11. The van der Waals surface area contributed by atoms with Gasteiger partial charge in [0.25, 0.3) is 0 Å². The number of alkyl halides is 3. The molecule has 0 saturated heterocycles. The maximum Gasteiger partial charge on any atom is 0.416 e. The average molecular weight is 302 g/mol. The van der Waals surface area contributed by atoms with Gasteiger partial charge in [-0.15, -0.1) is 0 Å². The zero-order chi connectivity index (χ0) is 14.9. The van der Waals surface area contributed by atoms with E-state index in [4.69, 9.17) is 17.3 Å². The topological polar surface area (TPSA) is 50.9 Å². The molecule has 0 radical (unpaired) electrons. The summed E-state index contributed by atoms with van der Waals surface area (Å²) in [4.78, 5) is 3.82. The maximum absolute atomic E-state index is 12.7. The van der Waals surface area contributed by atoms with Gasteiger partial charge >= 0.3 is 6.18 Å². The molecule has 20 heavy (non-hydrogen) atoms. The van der Waals surface area contributed by atoms with Gasteiger partial charge in [0.05, 0.1) is 5.56 Å². The molecule has 0 fully saturated rings. The van der Waals surface area contributed by atoms with Gasteiger partial charge in [-0.1, -0.05) is 17.7 Å². The molecule has 3 nitrogen and oxygen atoms in total. The molecule has 0 amide bonds. The van der Waals surface area contributed by atoms with Gasteiger partial charge in [-0.05, 0) is 36.8 Å². The molecule has 0 aliphatic heterocycles. The molecule has 0 aliphatic rings. The van der Waals surface area contributed by atoms with E-state index in [2.05, 4.69) is 10.3 Å². The van der Waals surface area contributed by atoms with E-state index in [0.29, 0.717) is 10.7 Å². The van der Waals surface area contributed by atoms with Crippen molar-refractivity contribution in [2.75, 3.05) is 11.1 Å². The van der Waals surface area contributed by atoms with Crippen LogP contribution in [-0.4, -0.2) is 4.98 Å². The standard InChI is InChI=1S/C13H11ClF3N3/c1-7-2-3-9(6-10(7)14)19-12-5-8(13(15,16)17)4-11(18)20-12/h2-6H,1H3,(H3,18,19,20). The summed E-state index contributed by atoms with van der Waals surface area (Å²) in [6.45, 7) is 1.83. The predicted molar refractivity (Wildman–Crippen MR) is 73.1 cm³/mol. The van der Waals surface area contributed by atoms with E-state index in [-0.39, 0.29) is 11.6 Å². The van der Waals surface area contributed by atoms with Gasteiger partial charge in [0.2, 0.25) is 0 Å². The first-order valence-electron chi connectivity index (χ1n) is 5.63. The lowest BCUT2D eigenvalue weighted by Crippen LogP contribution is -2.08. The largest absolute Gasteiger partial charge is 0.416 e. The van der Waals surface area contributed by atoms with Crippen molar-refractivity contribution in [3.8, 4) is 0 Å². The third kappa shape index (κ3) is 3.33. The fourth-order valence-corrected chi connectivity index (χ4v) is 1.78. The van der Waals surface area contributed by atoms with Crippen molar-refractivity contribution in [3.05, 3.63) is 46.5 Å². The zero-order valence-electron chi connectivity index (χ0n) is 10.4. The molecule has 0 saturated carbocycles. The molecule has 0 unspecified atom stereocenters. The Morgan fingerprint density at radius 2 is 1.90 bits per heavy atom. The van der Waals surface area contributed by atoms with Gasteiger partial charge < -0.3 is 11.1 Å². The number of halogens is 4. The first-order chi connectivity index (χ1) is 9.25. The highest BCUT2D eigenvalue weighted by atomic mass is 35.5. The van der Waals surface area contributed by atoms with E-state index in [0.717, 1.165) is 17.7 Å². The third-order valence-corrected chi connectivity index (χ3v) is 3.02. The van der Waals surface area contributed by atoms with Crippen LogP contribution in [-0.2, 0) is 6.18 Å². The second-order valence-corrected chi connectivity index (χ2v) is 4.66. The number of aryl methyl sites for hydroxylation is 1. The summed E-state index contributed by atoms with van der Waals surface area (Å²) >= 11 is 5.95. The molecule has 1 aromatic heterocycles. The highest BCUT2D eigenvalue weighted by Crippen LogP contribution is 2.32. The van der Waals surface area contributed by atoms with Crippen LogP contribution in [0.15, 0.2) is 30.3 Å². The zero-order valence-corrected chi connectivity index (χ0v) is 11.2. The minimum absolute atomic E-state index is 0.0113. The Labute approximate surface area is 118 Å². The fourth-order valence-electron chi connectivity index (χ4n) is 1.60. The third-order valence-electron chi connectivity index (χ3n) is 2.62.